The molecule has 1 aliphatic rings. The summed E-state index contributed by atoms with van der Waals surface area (Å²) in [7, 11) is 0. The molecular weight excluding hydrogens is 536 g/mol. The van der Waals surface area contributed by atoms with Crippen LogP contribution in [0.2, 0.25) is 0 Å². The molecule has 2 amide bonds. The molecule has 224 valence electrons. The minimum atomic E-state index is -0.948. The minimum absolute atomic E-state index is 0.150. The largest absolute Gasteiger partial charge is 0.494 e. The highest BCUT2D eigenvalue weighted by atomic mass is 16.6. The molecule has 11 heteroatoms. The Morgan fingerprint density at radius 2 is 1.90 bits per heavy atom. The molecule has 11 nitrogen and oxygen atoms in total. The van der Waals surface area contributed by atoms with Crippen LogP contribution in [0.3, 0.4) is 0 Å². The van der Waals surface area contributed by atoms with Crippen molar-refractivity contribution < 1.29 is 24.2 Å². The molecule has 2 aromatic heterocycles. The van der Waals surface area contributed by atoms with Gasteiger partial charge in [0.2, 0.25) is 0 Å². The van der Waals surface area contributed by atoms with Gasteiger partial charge in [-0.15, -0.1) is 13.2 Å². The Hall–Kier alpha value is -4.54. The second-order valence-corrected chi connectivity index (χ2v) is 11.0. The maximum absolute atomic E-state index is 14.0. The smallest absolute Gasteiger partial charge is 0.420 e. The van der Waals surface area contributed by atoms with Crippen LogP contribution in [0.1, 0.15) is 46.1 Å². The van der Waals surface area contributed by atoms with Gasteiger partial charge in [-0.25, -0.2) is 19.5 Å². The molecule has 1 saturated heterocycles. The fourth-order valence-corrected chi connectivity index (χ4v) is 5.15. The Labute approximate surface area is 246 Å². The number of amides is 2. The fourth-order valence-electron chi connectivity index (χ4n) is 5.15. The molecule has 1 fully saturated rings. The summed E-state index contributed by atoms with van der Waals surface area (Å²) in [6, 6.07) is 8.83. The predicted molar refractivity (Wildman–Crippen MR) is 163 cm³/mol. The van der Waals surface area contributed by atoms with E-state index >= 15 is 0 Å². The number of ether oxygens (including phenoxy) is 2. The van der Waals surface area contributed by atoms with Gasteiger partial charge in [0.25, 0.3) is 0 Å². The number of carbonyl (C=O) groups excluding carboxylic acids is 1. The third kappa shape index (κ3) is 6.67. The molecular formula is C31H40N6O5. The summed E-state index contributed by atoms with van der Waals surface area (Å²) < 4.78 is 13.2. The lowest BCUT2D eigenvalue weighted by molar-refractivity contribution is 0.0597. The zero-order chi connectivity index (χ0) is 30.4. The summed E-state index contributed by atoms with van der Waals surface area (Å²) in [5.74, 6) is 1.74. The van der Waals surface area contributed by atoms with E-state index in [-0.39, 0.29) is 6.04 Å². The first-order valence-corrected chi connectivity index (χ1v) is 14.2. The van der Waals surface area contributed by atoms with E-state index in [0.717, 1.165) is 12.8 Å². The van der Waals surface area contributed by atoms with Gasteiger partial charge >= 0.3 is 12.2 Å². The van der Waals surface area contributed by atoms with Crippen molar-refractivity contribution in [2.24, 2.45) is 0 Å². The zero-order valence-corrected chi connectivity index (χ0v) is 24.8. The quantitative estimate of drug-likeness (QED) is 0.290. The van der Waals surface area contributed by atoms with Gasteiger partial charge < -0.3 is 24.4 Å². The minimum Gasteiger partial charge on any atom is -0.494 e. The Bertz CT molecular complexity index is 1430. The molecule has 0 saturated carbocycles. The third-order valence-corrected chi connectivity index (χ3v) is 6.83. The number of likely N-dealkylation sites (tertiary alicyclic amines) is 1. The van der Waals surface area contributed by atoms with Crippen molar-refractivity contribution >= 4 is 35.2 Å². The van der Waals surface area contributed by atoms with Crippen LogP contribution in [-0.2, 0) is 11.2 Å². The number of carbonyl (C=O) groups is 2. The number of fused-ring (bicyclic) bond motifs is 1. The average molecular weight is 577 g/mol. The van der Waals surface area contributed by atoms with Gasteiger partial charge in [-0.2, -0.15) is 9.61 Å². The molecule has 0 bridgehead atoms. The molecule has 1 aliphatic heterocycles. The number of allylic oxidation sites excluding steroid dienone is 1. The molecule has 42 heavy (non-hydrogen) atoms. The number of nitrogens with zero attached hydrogens (tertiary/aromatic N) is 6. The molecule has 4 rings (SSSR count). The van der Waals surface area contributed by atoms with Gasteiger partial charge in [0.05, 0.1) is 18.5 Å². The van der Waals surface area contributed by atoms with Crippen molar-refractivity contribution in [3.63, 3.8) is 0 Å². The van der Waals surface area contributed by atoms with Gasteiger partial charge in [0, 0.05) is 37.3 Å². The van der Waals surface area contributed by atoms with Gasteiger partial charge in [0.1, 0.15) is 17.2 Å². The summed E-state index contributed by atoms with van der Waals surface area (Å²) in [5, 5.41) is 14.3. The van der Waals surface area contributed by atoms with Gasteiger partial charge in [-0.1, -0.05) is 12.2 Å². The van der Waals surface area contributed by atoms with Crippen LogP contribution in [0.5, 0.6) is 5.75 Å². The van der Waals surface area contributed by atoms with Crippen LogP contribution in [0.15, 0.2) is 61.8 Å². The van der Waals surface area contributed by atoms with Crippen LogP contribution < -0.4 is 14.5 Å². The lowest BCUT2D eigenvalue weighted by atomic mass is 10.0. The number of benzene rings is 1. The number of rotatable bonds is 10. The van der Waals surface area contributed by atoms with Gasteiger partial charge in [-0.05, 0) is 71.2 Å². The van der Waals surface area contributed by atoms with E-state index in [9.17, 15) is 14.7 Å². The third-order valence-electron chi connectivity index (χ3n) is 6.83. The van der Waals surface area contributed by atoms with E-state index in [1.54, 1.807) is 53.2 Å². The molecule has 1 N–H and O–H groups in total. The highest BCUT2D eigenvalue weighted by Gasteiger charge is 2.34. The standard InChI is InChI=1S/C31H40N6O5/c1-7-11-25-27(35(19-8-2)23-12-10-20-34(21-23)29(38)39)33-26-17-18-32-37(26)28(25)36(30(40)42-31(4,5)6)22-13-15-24(16-14-22)41-9-3/h7-8,13-18,23H,1-2,9-12,19-21H2,3-6H3,(H,38,39). The first-order chi connectivity index (χ1) is 20.1. The Morgan fingerprint density at radius 1 is 1.17 bits per heavy atom. The maximum atomic E-state index is 14.0. The fraction of sp³-hybridized carbons (Fsp3) is 0.419. The Kier molecular flexibility index (Phi) is 9.39. The van der Waals surface area contributed by atoms with E-state index in [2.05, 4.69) is 23.2 Å². The van der Waals surface area contributed by atoms with Gasteiger partial charge in [-0.3, -0.25) is 0 Å². The first kappa shape index (κ1) is 30.4. The van der Waals surface area contributed by atoms with Crippen molar-refractivity contribution in [2.75, 3.05) is 36.0 Å². The van der Waals surface area contributed by atoms with Crippen molar-refractivity contribution in [1.82, 2.24) is 19.5 Å². The summed E-state index contributed by atoms with van der Waals surface area (Å²) >= 11 is 0. The molecule has 0 aliphatic carbocycles. The SMILES string of the molecule is C=CCc1c(N(CC=C)C2CCCN(C(=O)O)C2)nc2ccnn2c1N(C(=O)OC(C)(C)C)c1ccc(OCC)cc1. The topological polar surface area (TPSA) is 113 Å². The monoisotopic (exact) mass is 576 g/mol. The highest BCUT2D eigenvalue weighted by molar-refractivity contribution is 5.97. The second-order valence-electron chi connectivity index (χ2n) is 11.0. The van der Waals surface area contributed by atoms with Gasteiger partial charge in [0.15, 0.2) is 11.5 Å². The number of anilines is 3. The number of carboxylic acid groups (broad SMARTS) is 1. The normalized spacial score (nSPS) is 15.2. The van der Waals surface area contributed by atoms with E-state index in [0.29, 0.717) is 66.9 Å². The molecule has 3 heterocycles. The van der Waals surface area contributed by atoms with Crippen LogP contribution in [-0.4, -0.2) is 74.7 Å². The van der Waals surface area contributed by atoms with Crippen LogP contribution in [0.25, 0.3) is 5.65 Å². The zero-order valence-electron chi connectivity index (χ0n) is 24.8. The molecule has 0 spiro atoms. The Morgan fingerprint density at radius 3 is 2.52 bits per heavy atom. The first-order valence-electron chi connectivity index (χ1n) is 14.2. The summed E-state index contributed by atoms with van der Waals surface area (Å²) in [6.07, 6.45) is 5.47. The molecule has 1 aromatic carbocycles. The summed E-state index contributed by atoms with van der Waals surface area (Å²) in [5.41, 5.74) is 0.995. The lowest BCUT2D eigenvalue weighted by Gasteiger charge is -2.40. The Balaban J connectivity index is 1.97. The van der Waals surface area contributed by atoms with E-state index in [1.165, 1.54) is 9.80 Å². The van der Waals surface area contributed by atoms with Crippen molar-refractivity contribution in [2.45, 2.75) is 58.6 Å². The van der Waals surface area contributed by atoms with E-state index in [1.807, 2.05) is 27.7 Å². The number of hydrogen-bond donors (Lipinski definition) is 1. The lowest BCUT2D eigenvalue weighted by Crippen LogP contribution is -2.50. The van der Waals surface area contributed by atoms with Crippen molar-refractivity contribution in [3.8, 4) is 5.75 Å². The van der Waals surface area contributed by atoms with Crippen molar-refractivity contribution in [1.29, 1.82) is 0 Å². The summed E-state index contributed by atoms with van der Waals surface area (Å²) in [6.45, 7) is 17.1. The second kappa shape index (κ2) is 13.0. The average Bonchev–Trinajstić information content (AvgIpc) is 3.41. The molecule has 1 atom stereocenters. The number of piperidine rings is 1. The van der Waals surface area contributed by atoms with Crippen LogP contribution >= 0.6 is 0 Å². The summed E-state index contributed by atoms with van der Waals surface area (Å²) in [4.78, 5) is 35.9. The molecule has 3 aromatic rings. The number of hydrogen-bond acceptors (Lipinski definition) is 7. The van der Waals surface area contributed by atoms with Crippen LogP contribution in [0, 0.1) is 0 Å². The molecule has 1 unspecified atom stereocenters. The van der Waals surface area contributed by atoms with Crippen LogP contribution in [0.4, 0.5) is 26.9 Å². The predicted octanol–water partition coefficient (Wildman–Crippen LogP) is 6.06. The van der Waals surface area contributed by atoms with Crippen molar-refractivity contribution in [3.05, 3.63) is 67.4 Å². The van der Waals surface area contributed by atoms with E-state index < -0.39 is 17.8 Å². The number of aromatic nitrogens is 3. The highest BCUT2D eigenvalue weighted by Crippen LogP contribution is 2.38. The van der Waals surface area contributed by atoms with E-state index in [4.69, 9.17) is 14.5 Å². The maximum Gasteiger partial charge on any atom is 0.420 e. The molecule has 0 radical (unpaired) electrons.